The summed E-state index contributed by atoms with van der Waals surface area (Å²) in [6.45, 7) is 0. The molecule has 298 valence electrons. The molecular weight excluding hydrogens is 813 g/mol. The first-order valence-corrected chi connectivity index (χ1v) is 23.5. The summed E-state index contributed by atoms with van der Waals surface area (Å²) in [6, 6.07) is 80.8. The summed E-state index contributed by atoms with van der Waals surface area (Å²) in [5, 5.41) is 10.4. The summed E-state index contributed by atoms with van der Waals surface area (Å²) in [5.74, 6) is 0. The Morgan fingerprint density at radius 1 is 0.250 bits per heavy atom. The SMILES string of the molecule is c1ccc(-c2cc(-c3ccccc3)cc(-n3c4ccccc4c4cc(-c5ccc6c(c5)c5ccccc5n6-c5ccc6c(c5)sc5c6ccc6sc7ccccc7c65)ccc43)c2)cc1. The summed E-state index contributed by atoms with van der Waals surface area (Å²) < 4.78 is 10.3. The van der Waals surface area contributed by atoms with E-state index in [9.17, 15) is 0 Å². The van der Waals surface area contributed by atoms with Crippen molar-refractivity contribution >= 4 is 107 Å². The first kappa shape index (κ1) is 35.8. The van der Waals surface area contributed by atoms with Gasteiger partial charge in [0.15, 0.2) is 0 Å². The van der Waals surface area contributed by atoms with Crippen LogP contribution in [-0.4, -0.2) is 9.13 Å². The molecule has 4 heteroatoms. The number of fused-ring (bicyclic) bond motifs is 13. The lowest BCUT2D eigenvalue weighted by molar-refractivity contribution is 1.18. The summed E-state index contributed by atoms with van der Waals surface area (Å²) in [7, 11) is 0. The van der Waals surface area contributed by atoms with Crippen LogP contribution in [0.5, 0.6) is 0 Å². The molecular formula is C60H36N2S2. The van der Waals surface area contributed by atoms with E-state index >= 15 is 0 Å². The lowest BCUT2D eigenvalue weighted by Gasteiger charge is -2.14. The van der Waals surface area contributed by atoms with Crippen LogP contribution < -0.4 is 0 Å². The molecule has 0 aliphatic heterocycles. The van der Waals surface area contributed by atoms with Gasteiger partial charge in [0.1, 0.15) is 0 Å². The van der Waals surface area contributed by atoms with Crippen molar-refractivity contribution in [1.82, 2.24) is 9.13 Å². The Hall–Kier alpha value is -7.76. The largest absolute Gasteiger partial charge is 0.309 e. The lowest BCUT2D eigenvalue weighted by atomic mass is 9.98. The number of para-hydroxylation sites is 2. The molecule has 0 amide bonds. The van der Waals surface area contributed by atoms with E-state index in [1.165, 1.54) is 123 Å². The van der Waals surface area contributed by atoms with Crippen LogP contribution in [0.1, 0.15) is 0 Å². The molecule has 0 fully saturated rings. The van der Waals surface area contributed by atoms with E-state index in [2.05, 4.69) is 228 Å². The van der Waals surface area contributed by atoms with Crippen LogP contribution in [0, 0.1) is 0 Å². The number of nitrogens with zero attached hydrogens (tertiary/aromatic N) is 2. The molecule has 64 heavy (non-hydrogen) atoms. The zero-order valence-corrected chi connectivity index (χ0v) is 36.1. The number of aromatic nitrogens is 2. The molecule has 0 spiro atoms. The van der Waals surface area contributed by atoms with Crippen LogP contribution in [0.3, 0.4) is 0 Å². The van der Waals surface area contributed by atoms with Gasteiger partial charge in [-0.3, -0.25) is 0 Å². The highest BCUT2D eigenvalue weighted by Crippen LogP contribution is 2.46. The third-order valence-electron chi connectivity index (χ3n) is 13.3. The maximum Gasteiger partial charge on any atom is 0.0541 e. The maximum absolute atomic E-state index is 2.46. The fraction of sp³-hybridized carbons (Fsp3) is 0. The minimum absolute atomic E-state index is 1.15. The molecule has 0 atom stereocenters. The maximum atomic E-state index is 2.46. The molecule has 0 unspecified atom stereocenters. The van der Waals surface area contributed by atoms with Crippen molar-refractivity contribution in [2.75, 3.05) is 0 Å². The van der Waals surface area contributed by atoms with E-state index in [4.69, 9.17) is 0 Å². The molecule has 14 rings (SSSR count). The molecule has 4 aromatic heterocycles. The Morgan fingerprint density at radius 2 is 0.781 bits per heavy atom. The van der Waals surface area contributed by atoms with Crippen molar-refractivity contribution in [3.05, 3.63) is 218 Å². The average molecular weight is 849 g/mol. The summed E-state index contributed by atoms with van der Waals surface area (Å²) in [6.07, 6.45) is 0. The van der Waals surface area contributed by atoms with Gasteiger partial charge in [0.05, 0.1) is 22.1 Å². The molecule has 10 aromatic carbocycles. The minimum Gasteiger partial charge on any atom is -0.309 e. The molecule has 0 saturated heterocycles. The van der Waals surface area contributed by atoms with Gasteiger partial charge in [0, 0.05) is 73.3 Å². The van der Waals surface area contributed by atoms with Crippen LogP contribution in [0.4, 0.5) is 0 Å². The van der Waals surface area contributed by atoms with Gasteiger partial charge in [-0.05, 0) is 112 Å². The monoisotopic (exact) mass is 848 g/mol. The van der Waals surface area contributed by atoms with Gasteiger partial charge in [-0.2, -0.15) is 0 Å². The molecule has 2 nitrogen and oxygen atoms in total. The summed E-state index contributed by atoms with van der Waals surface area (Å²) >= 11 is 3.82. The molecule has 0 radical (unpaired) electrons. The van der Waals surface area contributed by atoms with E-state index < -0.39 is 0 Å². The average Bonchev–Trinajstić information content (AvgIpc) is 4.11. The Balaban J connectivity index is 0.916. The van der Waals surface area contributed by atoms with Crippen LogP contribution in [0.15, 0.2) is 218 Å². The predicted molar refractivity (Wildman–Crippen MR) is 277 cm³/mol. The zero-order valence-electron chi connectivity index (χ0n) is 34.5. The van der Waals surface area contributed by atoms with Gasteiger partial charge < -0.3 is 9.13 Å². The standard InChI is InChI=1S/C60H36N2S2/c1-3-13-37(14-4-1)41-31-42(38-15-5-2-6-16-38)33-44(32-41)62-53-21-11-8-18-46(53)51-35-40(24-29-55(51)62)39-23-28-54-50(34-39)45-17-7-10-20-52(45)61(54)43-25-26-47-48-27-30-57-59(60(48)64-58(47)36-43)49-19-9-12-22-56(49)63-57/h1-36H. The van der Waals surface area contributed by atoms with Crippen molar-refractivity contribution in [2.24, 2.45) is 0 Å². The smallest absolute Gasteiger partial charge is 0.0541 e. The third kappa shape index (κ3) is 5.37. The van der Waals surface area contributed by atoms with E-state index in [-0.39, 0.29) is 0 Å². The molecule has 0 bridgehead atoms. The first-order valence-electron chi connectivity index (χ1n) is 21.8. The fourth-order valence-electron chi connectivity index (χ4n) is 10.4. The molecule has 0 aliphatic carbocycles. The lowest BCUT2D eigenvalue weighted by Crippen LogP contribution is -1.96. The quantitative estimate of drug-likeness (QED) is 0.163. The Morgan fingerprint density at radius 3 is 1.42 bits per heavy atom. The van der Waals surface area contributed by atoms with Gasteiger partial charge in [-0.1, -0.05) is 140 Å². The number of thiophene rings is 2. The third-order valence-corrected chi connectivity index (χ3v) is 15.6. The van der Waals surface area contributed by atoms with Crippen molar-refractivity contribution in [3.63, 3.8) is 0 Å². The van der Waals surface area contributed by atoms with Crippen LogP contribution in [-0.2, 0) is 0 Å². The first-order chi connectivity index (χ1) is 31.7. The molecule has 0 saturated carbocycles. The molecule has 0 aliphatic rings. The van der Waals surface area contributed by atoms with Crippen molar-refractivity contribution < 1.29 is 0 Å². The van der Waals surface area contributed by atoms with Gasteiger partial charge >= 0.3 is 0 Å². The normalized spacial score (nSPS) is 12.1. The van der Waals surface area contributed by atoms with Crippen LogP contribution in [0.2, 0.25) is 0 Å². The highest BCUT2D eigenvalue weighted by Gasteiger charge is 2.19. The number of hydrogen-bond acceptors (Lipinski definition) is 2. The van der Waals surface area contributed by atoms with E-state index in [1.807, 2.05) is 22.7 Å². The number of benzene rings is 10. The second kappa shape index (κ2) is 13.9. The Bertz CT molecular complexity index is 4130. The zero-order chi connectivity index (χ0) is 41.9. The molecule has 14 aromatic rings. The van der Waals surface area contributed by atoms with Gasteiger partial charge in [0.25, 0.3) is 0 Å². The van der Waals surface area contributed by atoms with Crippen LogP contribution >= 0.6 is 22.7 Å². The predicted octanol–water partition coefficient (Wildman–Crippen LogP) is 17.6. The van der Waals surface area contributed by atoms with E-state index in [0.717, 1.165) is 5.69 Å². The van der Waals surface area contributed by atoms with E-state index in [1.54, 1.807) is 0 Å². The van der Waals surface area contributed by atoms with Crippen molar-refractivity contribution in [3.8, 4) is 44.8 Å². The summed E-state index contributed by atoms with van der Waals surface area (Å²) in [5.41, 5.74) is 14.4. The van der Waals surface area contributed by atoms with Crippen molar-refractivity contribution in [1.29, 1.82) is 0 Å². The van der Waals surface area contributed by atoms with Gasteiger partial charge in [-0.25, -0.2) is 0 Å². The fourth-order valence-corrected chi connectivity index (χ4v) is 12.8. The van der Waals surface area contributed by atoms with Gasteiger partial charge in [-0.15, -0.1) is 22.7 Å². The molecule has 0 N–H and O–H groups in total. The second-order valence-electron chi connectivity index (χ2n) is 16.9. The Kier molecular flexibility index (Phi) is 7.76. The van der Waals surface area contributed by atoms with Crippen LogP contribution in [0.25, 0.3) is 129 Å². The minimum atomic E-state index is 1.15. The molecule has 4 heterocycles. The number of rotatable bonds is 5. The topological polar surface area (TPSA) is 9.86 Å². The van der Waals surface area contributed by atoms with E-state index in [0.29, 0.717) is 0 Å². The highest BCUT2D eigenvalue weighted by atomic mass is 32.1. The van der Waals surface area contributed by atoms with Gasteiger partial charge in [0.2, 0.25) is 0 Å². The second-order valence-corrected chi connectivity index (χ2v) is 19.0. The summed E-state index contributed by atoms with van der Waals surface area (Å²) in [4.78, 5) is 0. The highest BCUT2D eigenvalue weighted by molar-refractivity contribution is 7.29. The Labute approximate surface area is 376 Å². The number of hydrogen-bond donors (Lipinski definition) is 0. The van der Waals surface area contributed by atoms with Crippen molar-refractivity contribution in [2.45, 2.75) is 0 Å².